The lowest BCUT2D eigenvalue weighted by molar-refractivity contribution is 0.0866. The molecule has 2 aromatic heterocycles. The van der Waals surface area contributed by atoms with Gasteiger partial charge in [-0.1, -0.05) is 43.3 Å². The second-order valence-electron chi connectivity index (χ2n) is 10.8. The topological polar surface area (TPSA) is 78.7 Å². The largest absolute Gasteiger partial charge is 0.340 e. The first-order chi connectivity index (χ1) is 19.0. The van der Waals surface area contributed by atoms with Crippen LogP contribution < -0.4 is 10.2 Å². The van der Waals surface area contributed by atoms with Gasteiger partial charge >= 0.3 is 0 Å². The molecule has 1 aromatic carbocycles. The predicted octanol–water partition coefficient (Wildman–Crippen LogP) is 5.39. The number of pyridine rings is 1. The number of carbonyl (C=O) groups is 1. The van der Waals surface area contributed by atoms with Gasteiger partial charge in [0, 0.05) is 12.7 Å². The number of guanidine groups is 1. The van der Waals surface area contributed by atoms with Gasteiger partial charge in [0.05, 0.1) is 24.3 Å². The first-order valence-corrected chi connectivity index (χ1v) is 13.6. The second-order valence-corrected chi connectivity index (χ2v) is 10.8. The van der Waals surface area contributed by atoms with Crippen LogP contribution in [0.1, 0.15) is 48.7 Å². The number of hydrogen-bond donors (Lipinski definition) is 1. The number of aromatic nitrogens is 3. The molecule has 3 aromatic rings. The average Bonchev–Trinajstić information content (AvgIpc) is 3.62. The summed E-state index contributed by atoms with van der Waals surface area (Å²) in [5.41, 5.74) is 4.33. The number of hydrogen-bond acceptors (Lipinski definition) is 6. The molecule has 2 aliphatic heterocycles. The third-order valence-electron chi connectivity index (χ3n) is 8.25. The van der Waals surface area contributed by atoms with Crippen LogP contribution in [0.4, 0.5) is 21.7 Å². The maximum absolute atomic E-state index is 13.8. The van der Waals surface area contributed by atoms with E-state index in [1.54, 1.807) is 18.0 Å². The Morgan fingerprint density at radius 3 is 2.72 bits per heavy atom. The molecule has 0 saturated heterocycles. The molecule has 8 nitrogen and oxygen atoms in total. The second kappa shape index (κ2) is 9.18. The molecule has 1 N–H and O–H groups in total. The number of amides is 1. The zero-order valence-corrected chi connectivity index (χ0v) is 22.0. The Morgan fingerprint density at radius 2 is 1.92 bits per heavy atom. The number of para-hydroxylation sites is 1. The zero-order chi connectivity index (χ0) is 26.7. The minimum atomic E-state index is -0.474. The summed E-state index contributed by atoms with van der Waals surface area (Å²) in [5.74, 6) is 1.67. The Kier molecular flexibility index (Phi) is 5.61. The van der Waals surface area contributed by atoms with E-state index in [1.165, 1.54) is 11.6 Å². The van der Waals surface area contributed by atoms with E-state index < -0.39 is 5.95 Å². The SMILES string of the molecule is CC1CC(Cn2nc3c(c2Nc2ccccc2)C(=O)N(C)C2=N[C@@H]4CCC[C@@H]4N23)=CC=C1c1cccc(F)n1. The first-order valence-electron chi connectivity index (χ1n) is 13.6. The molecule has 39 heavy (non-hydrogen) atoms. The molecular weight excluding hydrogens is 493 g/mol. The number of aliphatic imine (C=N–C) groups is 1. The number of nitrogens with zero attached hydrogens (tertiary/aromatic N) is 6. The van der Waals surface area contributed by atoms with Gasteiger partial charge in [-0.2, -0.15) is 9.49 Å². The van der Waals surface area contributed by atoms with Gasteiger partial charge in [0.1, 0.15) is 11.4 Å². The molecule has 7 rings (SSSR count). The minimum absolute atomic E-state index is 0.102. The molecule has 0 spiro atoms. The molecule has 4 aliphatic rings. The Bertz CT molecular complexity index is 1560. The van der Waals surface area contributed by atoms with Gasteiger partial charge in [-0.3, -0.25) is 14.6 Å². The normalized spacial score (nSPS) is 23.6. The molecule has 198 valence electrons. The van der Waals surface area contributed by atoms with E-state index in [0.29, 0.717) is 35.4 Å². The molecule has 3 atom stereocenters. The summed E-state index contributed by atoms with van der Waals surface area (Å²) in [6, 6.07) is 15.2. The van der Waals surface area contributed by atoms with Crippen LogP contribution in [-0.4, -0.2) is 50.7 Å². The average molecular weight is 524 g/mol. The molecular formula is C30H30FN7O. The smallest absolute Gasteiger partial charge is 0.267 e. The van der Waals surface area contributed by atoms with Gasteiger partial charge in [-0.15, -0.1) is 0 Å². The Labute approximate surface area is 226 Å². The molecule has 9 heteroatoms. The lowest BCUT2D eigenvalue weighted by Crippen LogP contribution is -2.51. The summed E-state index contributed by atoms with van der Waals surface area (Å²) in [5, 5.41) is 8.58. The van der Waals surface area contributed by atoms with E-state index in [4.69, 9.17) is 10.1 Å². The quantitative estimate of drug-likeness (QED) is 0.454. The minimum Gasteiger partial charge on any atom is -0.340 e. The molecule has 0 radical (unpaired) electrons. The van der Waals surface area contributed by atoms with Crippen molar-refractivity contribution in [3.8, 4) is 0 Å². The van der Waals surface area contributed by atoms with Crippen molar-refractivity contribution in [2.45, 2.75) is 51.2 Å². The van der Waals surface area contributed by atoms with Crippen molar-refractivity contribution in [2.24, 2.45) is 10.9 Å². The summed E-state index contributed by atoms with van der Waals surface area (Å²) in [7, 11) is 1.81. The van der Waals surface area contributed by atoms with Gasteiger partial charge < -0.3 is 5.32 Å². The summed E-state index contributed by atoms with van der Waals surface area (Å²) in [6.45, 7) is 2.66. The van der Waals surface area contributed by atoms with E-state index in [2.05, 4.69) is 28.2 Å². The molecule has 2 aliphatic carbocycles. The number of halogens is 1. The monoisotopic (exact) mass is 523 g/mol. The highest BCUT2D eigenvalue weighted by Gasteiger charge is 2.49. The highest BCUT2D eigenvalue weighted by Crippen LogP contribution is 2.43. The molecule has 1 saturated carbocycles. The van der Waals surface area contributed by atoms with E-state index in [9.17, 15) is 9.18 Å². The van der Waals surface area contributed by atoms with E-state index in [0.717, 1.165) is 36.9 Å². The van der Waals surface area contributed by atoms with Crippen molar-refractivity contribution in [1.82, 2.24) is 19.7 Å². The zero-order valence-electron chi connectivity index (χ0n) is 22.0. The third-order valence-corrected chi connectivity index (χ3v) is 8.25. The number of allylic oxidation sites excluding steroid dienone is 4. The maximum Gasteiger partial charge on any atom is 0.267 e. The van der Waals surface area contributed by atoms with Gasteiger partial charge in [0.2, 0.25) is 11.9 Å². The molecule has 4 heterocycles. The Morgan fingerprint density at radius 1 is 1.08 bits per heavy atom. The number of fused-ring (bicyclic) bond motifs is 5. The van der Waals surface area contributed by atoms with Crippen molar-refractivity contribution in [1.29, 1.82) is 0 Å². The van der Waals surface area contributed by atoms with E-state index >= 15 is 0 Å². The number of carbonyl (C=O) groups excluding carboxylic acids is 1. The molecule has 1 fully saturated rings. The van der Waals surface area contributed by atoms with Crippen molar-refractivity contribution in [3.63, 3.8) is 0 Å². The van der Waals surface area contributed by atoms with Crippen LogP contribution in [0.2, 0.25) is 0 Å². The van der Waals surface area contributed by atoms with Crippen molar-refractivity contribution >= 4 is 34.8 Å². The van der Waals surface area contributed by atoms with Gasteiger partial charge in [0.15, 0.2) is 5.82 Å². The van der Waals surface area contributed by atoms with E-state index in [1.807, 2.05) is 47.2 Å². The lowest BCUT2D eigenvalue weighted by atomic mass is 9.86. The van der Waals surface area contributed by atoms with Crippen LogP contribution in [0, 0.1) is 11.9 Å². The van der Waals surface area contributed by atoms with Crippen molar-refractivity contribution in [3.05, 3.63) is 83.5 Å². The fourth-order valence-corrected chi connectivity index (χ4v) is 6.36. The number of rotatable bonds is 5. The van der Waals surface area contributed by atoms with Crippen LogP contribution in [0.15, 0.2) is 71.2 Å². The number of nitrogens with one attached hydrogen (secondary N) is 1. The number of benzene rings is 1. The van der Waals surface area contributed by atoms with Crippen LogP contribution >= 0.6 is 0 Å². The van der Waals surface area contributed by atoms with Crippen LogP contribution in [0.25, 0.3) is 5.57 Å². The summed E-state index contributed by atoms with van der Waals surface area (Å²) in [6.07, 6.45) is 8.11. The predicted molar refractivity (Wildman–Crippen MR) is 149 cm³/mol. The lowest BCUT2D eigenvalue weighted by Gasteiger charge is -2.34. The standard InChI is InChI=1S/C30H30FN7O/c1-18-16-19(14-15-21(18)22-10-7-13-25(31)33-22)17-37-27(32-20-8-4-3-5-9-20)26-28(35-37)38-24-12-6-11-23(24)34-30(38)36(2)29(26)39/h3-5,7-10,13-15,18,23-24,32H,6,11-12,16-17H2,1-2H3/t18?,23-,24+/m1/s1. The van der Waals surface area contributed by atoms with Gasteiger partial charge in [0.25, 0.3) is 5.91 Å². The van der Waals surface area contributed by atoms with Crippen molar-refractivity contribution < 1.29 is 9.18 Å². The highest BCUT2D eigenvalue weighted by atomic mass is 19.1. The van der Waals surface area contributed by atoms with Crippen LogP contribution in [0.3, 0.4) is 0 Å². The maximum atomic E-state index is 13.8. The number of anilines is 3. The molecule has 1 unspecified atom stereocenters. The van der Waals surface area contributed by atoms with Crippen LogP contribution in [0.5, 0.6) is 0 Å². The third kappa shape index (κ3) is 3.95. The van der Waals surface area contributed by atoms with Gasteiger partial charge in [-0.25, -0.2) is 14.7 Å². The van der Waals surface area contributed by atoms with Crippen molar-refractivity contribution in [2.75, 3.05) is 17.3 Å². The fourth-order valence-electron chi connectivity index (χ4n) is 6.36. The van der Waals surface area contributed by atoms with E-state index in [-0.39, 0.29) is 23.9 Å². The Balaban J connectivity index is 1.29. The summed E-state index contributed by atoms with van der Waals surface area (Å²) in [4.78, 5) is 26.6. The van der Waals surface area contributed by atoms with Crippen LogP contribution in [-0.2, 0) is 6.54 Å². The molecule has 1 amide bonds. The Hall–Kier alpha value is -4.27. The van der Waals surface area contributed by atoms with Gasteiger partial charge in [-0.05, 0) is 67.0 Å². The highest BCUT2D eigenvalue weighted by molar-refractivity contribution is 6.21. The summed E-state index contributed by atoms with van der Waals surface area (Å²) < 4.78 is 15.7. The summed E-state index contributed by atoms with van der Waals surface area (Å²) >= 11 is 0. The fraction of sp³-hybridized carbons (Fsp3) is 0.333. The first kappa shape index (κ1) is 23.8. The molecule has 0 bridgehead atoms.